The maximum atomic E-state index is 12.4. The number of amides is 1. The number of anilines is 1. The number of imidazole rings is 1. The number of halogens is 1. The van der Waals surface area contributed by atoms with Gasteiger partial charge in [-0.3, -0.25) is 9.48 Å². The van der Waals surface area contributed by atoms with Gasteiger partial charge in [-0.25, -0.2) is 0 Å². The van der Waals surface area contributed by atoms with E-state index in [4.69, 9.17) is 12.2 Å². The molecule has 6 nitrogen and oxygen atoms in total. The summed E-state index contributed by atoms with van der Waals surface area (Å²) in [4.78, 5) is 18.4. The van der Waals surface area contributed by atoms with Crippen LogP contribution in [0, 0.1) is 11.7 Å². The molecule has 0 radical (unpaired) electrons. The zero-order chi connectivity index (χ0) is 15.1. The first-order valence-corrected chi connectivity index (χ1v) is 7.38. The topological polar surface area (TPSA) is 78.5 Å². The van der Waals surface area contributed by atoms with Crippen LogP contribution in [-0.2, 0) is 7.05 Å². The number of fused-ring (bicyclic) bond motifs is 1. The summed E-state index contributed by atoms with van der Waals surface area (Å²) in [6, 6.07) is 5.51. The van der Waals surface area contributed by atoms with Crippen LogP contribution in [0.5, 0.6) is 0 Å². The predicted octanol–water partition coefficient (Wildman–Crippen LogP) is 3.28. The number of aromatic amines is 2. The fourth-order valence-electron chi connectivity index (χ4n) is 2.19. The second kappa shape index (κ2) is 5.12. The summed E-state index contributed by atoms with van der Waals surface area (Å²) < 4.78 is 2.83. The van der Waals surface area contributed by atoms with Crippen molar-refractivity contribution in [3.05, 3.63) is 38.8 Å². The van der Waals surface area contributed by atoms with E-state index in [-0.39, 0.29) is 5.91 Å². The molecule has 8 heteroatoms. The Morgan fingerprint density at radius 1 is 1.38 bits per heavy atom. The molecule has 3 aromatic rings. The lowest BCUT2D eigenvalue weighted by Crippen LogP contribution is -2.13. The lowest BCUT2D eigenvalue weighted by Gasteiger charge is -2.05. The Labute approximate surface area is 133 Å². The Hall–Kier alpha value is -1.93. The minimum atomic E-state index is -0.207. The molecule has 3 N–H and O–H groups in total. The molecule has 108 valence electrons. The van der Waals surface area contributed by atoms with Gasteiger partial charge in [0.05, 0.1) is 22.3 Å². The highest BCUT2D eigenvalue weighted by Gasteiger charge is 2.18. The molecule has 2 heterocycles. The maximum Gasteiger partial charge on any atom is 0.260 e. The molecule has 0 aliphatic heterocycles. The molecule has 0 fully saturated rings. The van der Waals surface area contributed by atoms with E-state index in [1.807, 2.05) is 18.2 Å². The van der Waals surface area contributed by atoms with Crippen LogP contribution < -0.4 is 5.32 Å². The zero-order valence-electron chi connectivity index (χ0n) is 11.3. The quantitative estimate of drug-likeness (QED) is 0.609. The fraction of sp³-hybridized carbons (Fsp3) is 0.154. The predicted molar refractivity (Wildman–Crippen MR) is 87.1 cm³/mol. The normalized spacial score (nSPS) is 11.0. The van der Waals surface area contributed by atoms with Gasteiger partial charge >= 0.3 is 0 Å². The van der Waals surface area contributed by atoms with E-state index in [2.05, 4.69) is 36.3 Å². The van der Waals surface area contributed by atoms with E-state index in [9.17, 15) is 4.79 Å². The summed E-state index contributed by atoms with van der Waals surface area (Å²) in [6.07, 6.45) is 0. The van der Waals surface area contributed by atoms with Gasteiger partial charge in [0.1, 0.15) is 4.60 Å². The molecule has 0 bridgehead atoms. The van der Waals surface area contributed by atoms with Gasteiger partial charge in [-0.1, -0.05) is 0 Å². The van der Waals surface area contributed by atoms with Crippen molar-refractivity contribution in [1.29, 1.82) is 0 Å². The van der Waals surface area contributed by atoms with Gasteiger partial charge in [0, 0.05) is 12.7 Å². The highest BCUT2D eigenvalue weighted by molar-refractivity contribution is 9.10. The summed E-state index contributed by atoms with van der Waals surface area (Å²) in [7, 11) is 1.78. The first-order valence-electron chi connectivity index (χ1n) is 6.18. The number of aryl methyl sites for hydroxylation is 2. The lowest BCUT2D eigenvalue weighted by atomic mass is 10.2. The number of benzene rings is 1. The van der Waals surface area contributed by atoms with Gasteiger partial charge in [0.15, 0.2) is 4.77 Å². The van der Waals surface area contributed by atoms with E-state index in [1.165, 1.54) is 0 Å². The number of nitrogens with one attached hydrogen (secondary N) is 3. The van der Waals surface area contributed by atoms with Crippen LogP contribution in [-0.4, -0.2) is 25.7 Å². The third-order valence-corrected chi connectivity index (χ3v) is 4.27. The molecule has 1 aromatic carbocycles. The third-order valence-electron chi connectivity index (χ3n) is 3.15. The first kappa shape index (κ1) is 14.0. The number of hydrogen-bond acceptors (Lipinski definition) is 3. The number of hydrogen-bond donors (Lipinski definition) is 3. The minimum absolute atomic E-state index is 0.207. The number of carbonyl (C=O) groups is 1. The maximum absolute atomic E-state index is 12.4. The van der Waals surface area contributed by atoms with Gasteiger partial charge in [-0.2, -0.15) is 5.10 Å². The van der Waals surface area contributed by atoms with Crippen molar-refractivity contribution in [2.75, 3.05) is 5.32 Å². The fourth-order valence-corrected chi connectivity index (χ4v) is 2.96. The van der Waals surface area contributed by atoms with Crippen molar-refractivity contribution >= 4 is 50.8 Å². The summed E-state index contributed by atoms with van der Waals surface area (Å²) in [6.45, 7) is 1.80. The molecule has 21 heavy (non-hydrogen) atoms. The molecule has 3 rings (SSSR count). The molecular formula is C13H12BrN5OS. The largest absolute Gasteiger partial charge is 0.331 e. The standard InChI is InChI=1S/C13H12BrN5OS/c1-6-10(11(14)19(2)18-6)12(20)15-7-3-4-8-9(5-7)17-13(21)16-8/h3-5H,1-2H3,(H,15,20)(H2,16,17,21). The Bertz CT molecular complexity index is 907. The monoisotopic (exact) mass is 365 g/mol. The average Bonchev–Trinajstić information content (AvgIpc) is 2.88. The van der Waals surface area contributed by atoms with Crippen molar-refractivity contribution < 1.29 is 4.79 Å². The van der Waals surface area contributed by atoms with Crippen LogP contribution in [0.4, 0.5) is 5.69 Å². The Kier molecular flexibility index (Phi) is 3.42. The number of H-pyrrole nitrogens is 2. The van der Waals surface area contributed by atoms with Gasteiger partial charge in [0.2, 0.25) is 0 Å². The van der Waals surface area contributed by atoms with Gasteiger partial charge < -0.3 is 15.3 Å². The summed E-state index contributed by atoms with van der Waals surface area (Å²) >= 11 is 8.41. The van der Waals surface area contributed by atoms with E-state index in [0.717, 1.165) is 11.0 Å². The molecule has 0 atom stereocenters. The SMILES string of the molecule is Cc1nn(C)c(Br)c1C(=O)Nc1ccc2[nH]c(=S)[nH]c2c1. The van der Waals surface area contributed by atoms with E-state index in [1.54, 1.807) is 18.7 Å². The average molecular weight is 366 g/mol. The molecule has 2 aromatic heterocycles. The van der Waals surface area contributed by atoms with Crippen LogP contribution in [0.15, 0.2) is 22.8 Å². The number of nitrogens with zero attached hydrogens (tertiary/aromatic N) is 2. The summed E-state index contributed by atoms with van der Waals surface area (Å²) in [5.41, 5.74) is 3.63. The van der Waals surface area contributed by atoms with Crippen LogP contribution in [0.2, 0.25) is 0 Å². The van der Waals surface area contributed by atoms with Crippen molar-refractivity contribution in [3.63, 3.8) is 0 Å². The molecule has 0 aliphatic carbocycles. The van der Waals surface area contributed by atoms with E-state index >= 15 is 0 Å². The minimum Gasteiger partial charge on any atom is -0.331 e. The molecule has 0 saturated carbocycles. The molecule has 0 spiro atoms. The van der Waals surface area contributed by atoms with Crippen LogP contribution in [0.3, 0.4) is 0 Å². The Morgan fingerprint density at radius 3 is 2.76 bits per heavy atom. The second-order valence-corrected chi connectivity index (χ2v) is 5.83. The Morgan fingerprint density at radius 2 is 2.10 bits per heavy atom. The summed E-state index contributed by atoms with van der Waals surface area (Å²) in [5.74, 6) is -0.207. The number of rotatable bonds is 2. The zero-order valence-corrected chi connectivity index (χ0v) is 13.7. The number of carbonyl (C=O) groups excluding carboxylic acids is 1. The highest BCUT2D eigenvalue weighted by atomic mass is 79.9. The van der Waals surface area contributed by atoms with Gasteiger partial charge in [-0.15, -0.1) is 0 Å². The van der Waals surface area contributed by atoms with Crippen LogP contribution >= 0.6 is 28.1 Å². The highest BCUT2D eigenvalue weighted by Crippen LogP contribution is 2.22. The first-order chi connectivity index (χ1) is 9.95. The third kappa shape index (κ3) is 2.52. The van der Waals surface area contributed by atoms with Crippen LogP contribution in [0.1, 0.15) is 16.1 Å². The molecule has 0 saturated heterocycles. The summed E-state index contributed by atoms with van der Waals surface area (Å²) in [5, 5.41) is 7.08. The van der Waals surface area contributed by atoms with Gasteiger partial charge in [0.25, 0.3) is 5.91 Å². The van der Waals surface area contributed by atoms with E-state index in [0.29, 0.717) is 26.3 Å². The van der Waals surface area contributed by atoms with Gasteiger partial charge in [-0.05, 0) is 53.3 Å². The lowest BCUT2D eigenvalue weighted by molar-refractivity contribution is 0.102. The Balaban J connectivity index is 1.94. The van der Waals surface area contributed by atoms with Crippen molar-refractivity contribution in [2.24, 2.45) is 7.05 Å². The smallest absolute Gasteiger partial charge is 0.260 e. The van der Waals surface area contributed by atoms with Crippen molar-refractivity contribution in [2.45, 2.75) is 6.92 Å². The molecular weight excluding hydrogens is 354 g/mol. The van der Waals surface area contributed by atoms with Crippen LogP contribution in [0.25, 0.3) is 11.0 Å². The van der Waals surface area contributed by atoms with E-state index < -0.39 is 0 Å². The molecule has 0 unspecified atom stereocenters. The second-order valence-electron chi connectivity index (χ2n) is 4.67. The number of aromatic nitrogens is 4. The van der Waals surface area contributed by atoms with Crippen molar-refractivity contribution in [3.8, 4) is 0 Å². The van der Waals surface area contributed by atoms with Crippen molar-refractivity contribution in [1.82, 2.24) is 19.7 Å². The molecule has 0 aliphatic rings. The molecule has 1 amide bonds.